The Morgan fingerprint density at radius 3 is 2.67 bits per heavy atom. The van der Waals surface area contributed by atoms with Crippen molar-refractivity contribution in [1.29, 1.82) is 0 Å². The molecule has 0 unspecified atom stereocenters. The van der Waals surface area contributed by atoms with Crippen LogP contribution < -0.4 is 5.32 Å². The second-order valence-corrected chi connectivity index (χ2v) is 5.48. The molecule has 0 saturated heterocycles. The van der Waals surface area contributed by atoms with Crippen LogP contribution in [0.5, 0.6) is 0 Å². The van der Waals surface area contributed by atoms with Crippen molar-refractivity contribution >= 4 is 39.9 Å². The number of carbonyl (C=O) groups excluding carboxylic acids is 2. The maximum absolute atomic E-state index is 11.4. The largest absolute Gasteiger partial charge is 0.459 e. The number of rotatable bonds is 4. The Bertz CT molecular complexity index is 642. The van der Waals surface area contributed by atoms with Crippen LogP contribution in [0.25, 0.3) is 0 Å². The molecule has 0 aliphatic heterocycles. The number of anilines is 1. The molecule has 8 heteroatoms. The van der Waals surface area contributed by atoms with Gasteiger partial charge < -0.3 is 4.74 Å². The Kier molecular flexibility index (Phi) is 5.24. The van der Waals surface area contributed by atoms with Gasteiger partial charge in [-0.15, -0.1) is 10.2 Å². The average Bonchev–Trinajstić information content (AvgIpc) is 2.89. The number of nitrogens with one attached hydrogen (secondary N) is 1. The van der Waals surface area contributed by atoms with E-state index in [4.69, 9.17) is 11.6 Å². The number of ether oxygens (including phenoxy) is 1. The van der Waals surface area contributed by atoms with Crippen molar-refractivity contribution in [2.75, 3.05) is 11.9 Å². The third kappa shape index (κ3) is 4.51. The topological polar surface area (TPSA) is 81.2 Å². The lowest BCUT2D eigenvalue weighted by molar-refractivity contribution is -0.152. The lowest BCUT2D eigenvalue weighted by Crippen LogP contribution is -2.24. The number of halogens is 1. The van der Waals surface area contributed by atoms with Gasteiger partial charge in [0.1, 0.15) is 5.01 Å². The van der Waals surface area contributed by atoms with E-state index in [1.165, 1.54) is 11.3 Å². The summed E-state index contributed by atoms with van der Waals surface area (Å²) < 4.78 is 4.58. The summed E-state index contributed by atoms with van der Waals surface area (Å²) in [5.41, 5.74) is 1.03. The molecule has 1 heterocycles. The van der Waals surface area contributed by atoms with Crippen molar-refractivity contribution in [3.63, 3.8) is 0 Å². The van der Waals surface area contributed by atoms with Crippen LogP contribution >= 0.6 is 22.9 Å². The minimum absolute atomic E-state index is 0.143. The molecule has 110 valence electrons. The molecule has 0 atom stereocenters. The zero-order chi connectivity index (χ0) is 15.2. The number of esters is 1. The van der Waals surface area contributed by atoms with Crippen molar-refractivity contribution in [2.45, 2.75) is 13.3 Å². The quantitative estimate of drug-likeness (QED) is 0.689. The highest BCUT2D eigenvalue weighted by Gasteiger charge is 2.17. The summed E-state index contributed by atoms with van der Waals surface area (Å²) in [6, 6.07) is 7.37. The van der Waals surface area contributed by atoms with E-state index in [2.05, 4.69) is 20.3 Å². The Morgan fingerprint density at radius 2 is 2.00 bits per heavy atom. The van der Waals surface area contributed by atoms with Gasteiger partial charge in [-0.2, -0.15) is 0 Å². The van der Waals surface area contributed by atoms with E-state index in [0.29, 0.717) is 11.4 Å². The van der Waals surface area contributed by atoms with Gasteiger partial charge in [-0.25, -0.2) is 4.79 Å². The van der Waals surface area contributed by atoms with Crippen molar-refractivity contribution in [3.05, 3.63) is 39.9 Å². The summed E-state index contributed by atoms with van der Waals surface area (Å²) in [6.45, 7) is 1.77. The molecule has 0 aliphatic rings. The zero-order valence-electron chi connectivity index (χ0n) is 11.1. The van der Waals surface area contributed by atoms with E-state index in [9.17, 15) is 9.59 Å². The van der Waals surface area contributed by atoms with Crippen LogP contribution in [0.4, 0.5) is 5.13 Å². The van der Waals surface area contributed by atoms with E-state index >= 15 is 0 Å². The Hall–Kier alpha value is -1.99. The lowest BCUT2D eigenvalue weighted by Gasteiger charge is -1.99. The number of aromatic nitrogens is 2. The first-order valence-corrected chi connectivity index (χ1v) is 7.33. The van der Waals surface area contributed by atoms with Gasteiger partial charge in [0, 0.05) is 11.4 Å². The molecular weight excluding hydrogens is 314 g/mol. The summed E-state index contributed by atoms with van der Waals surface area (Å²) in [5, 5.41) is 11.8. The molecule has 2 aromatic rings. The van der Waals surface area contributed by atoms with Gasteiger partial charge in [0.05, 0.1) is 6.61 Å². The third-order valence-corrected chi connectivity index (χ3v) is 3.51. The third-order valence-electron chi connectivity index (χ3n) is 2.42. The monoisotopic (exact) mass is 325 g/mol. The molecule has 6 nitrogen and oxygen atoms in total. The van der Waals surface area contributed by atoms with Crippen molar-refractivity contribution < 1.29 is 14.3 Å². The molecule has 0 radical (unpaired) electrons. The summed E-state index contributed by atoms with van der Waals surface area (Å²) >= 11 is 7.02. The first-order valence-electron chi connectivity index (χ1n) is 6.13. The van der Waals surface area contributed by atoms with Gasteiger partial charge in [-0.05, 0) is 24.6 Å². The molecule has 1 aromatic carbocycles. The minimum atomic E-state index is -0.938. The first kappa shape index (κ1) is 15.4. The van der Waals surface area contributed by atoms with Gasteiger partial charge >= 0.3 is 11.9 Å². The van der Waals surface area contributed by atoms with E-state index in [-0.39, 0.29) is 11.7 Å². The highest BCUT2D eigenvalue weighted by atomic mass is 35.5. The maximum atomic E-state index is 11.4. The molecule has 0 fully saturated rings. The summed E-state index contributed by atoms with van der Waals surface area (Å²) in [6.07, 6.45) is 0.574. The molecule has 1 amide bonds. The molecule has 0 spiro atoms. The fraction of sp³-hybridized carbons (Fsp3) is 0.231. The number of hydrogen-bond acceptors (Lipinski definition) is 6. The van der Waals surface area contributed by atoms with E-state index in [1.54, 1.807) is 19.1 Å². The van der Waals surface area contributed by atoms with Gasteiger partial charge in [-0.1, -0.05) is 35.1 Å². The molecule has 21 heavy (non-hydrogen) atoms. The van der Waals surface area contributed by atoms with Gasteiger partial charge in [0.25, 0.3) is 0 Å². The molecule has 0 bridgehead atoms. The maximum Gasteiger partial charge on any atom is 0.397 e. The van der Waals surface area contributed by atoms with Crippen LogP contribution in [0.1, 0.15) is 17.5 Å². The Labute approximate surface area is 130 Å². The van der Waals surface area contributed by atoms with E-state index < -0.39 is 11.9 Å². The Morgan fingerprint density at radius 1 is 1.29 bits per heavy atom. The van der Waals surface area contributed by atoms with Crippen LogP contribution in [-0.2, 0) is 20.7 Å². The fourth-order valence-electron chi connectivity index (χ4n) is 1.50. The molecule has 1 aromatic heterocycles. The van der Waals surface area contributed by atoms with Gasteiger partial charge in [0.15, 0.2) is 0 Å². The SMILES string of the molecule is CCOC(=O)C(=O)Nc1nnc(Cc2ccc(Cl)cc2)s1. The lowest BCUT2D eigenvalue weighted by atomic mass is 10.2. The number of nitrogens with zero attached hydrogens (tertiary/aromatic N) is 2. The van der Waals surface area contributed by atoms with Gasteiger partial charge in [0.2, 0.25) is 5.13 Å². The number of benzene rings is 1. The average molecular weight is 326 g/mol. The minimum Gasteiger partial charge on any atom is -0.459 e. The predicted octanol–water partition coefficient (Wildman–Crippen LogP) is 2.28. The highest BCUT2D eigenvalue weighted by Crippen LogP contribution is 2.19. The van der Waals surface area contributed by atoms with Crippen molar-refractivity contribution in [3.8, 4) is 0 Å². The Balaban J connectivity index is 1.96. The van der Waals surface area contributed by atoms with Crippen LogP contribution in [0.15, 0.2) is 24.3 Å². The van der Waals surface area contributed by atoms with E-state index in [1.807, 2.05) is 12.1 Å². The fourth-order valence-corrected chi connectivity index (χ4v) is 2.39. The smallest absolute Gasteiger partial charge is 0.397 e. The first-order chi connectivity index (χ1) is 10.1. The number of hydrogen-bond donors (Lipinski definition) is 1. The van der Waals surface area contributed by atoms with Crippen LogP contribution in [0.3, 0.4) is 0 Å². The summed E-state index contributed by atoms with van der Waals surface area (Å²) in [7, 11) is 0. The van der Waals surface area contributed by atoms with Crippen molar-refractivity contribution in [1.82, 2.24) is 10.2 Å². The second-order valence-electron chi connectivity index (χ2n) is 3.98. The zero-order valence-corrected chi connectivity index (χ0v) is 12.7. The van der Waals surface area contributed by atoms with Crippen LogP contribution in [0.2, 0.25) is 5.02 Å². The summed E-state index contributed by atoms with van der Waals surface area (Å²) in [5.74, 6) is -1.79. The molecular formula is C13H12ClN3O3S. The van der Waals surface area contributed by atoms with Crippen molar-refractivity contribution in [2.24, 2.45) is 0 Å². The summed E-state index contributed by atoms with van der Waals surface area (Å²) in [4.78, 5) is 22.6. The molecule has 2 rings (SSSR count). The number of carbonyl (C=O) groups is 2. The standard InChI is InChI=1S/C13H12ClN3O3S/c1-2-20-12(19)11(18)15-13-17-16-10(21-13)7-8-3-5-9(14)6-4-8/h3-6H,2,7H2,1H3,(H,15,17,18). The molecule has 0 aliphatic carbocycles. The molecule has 1 N–H and O–H groups in total. The van der Waals surface area contributed by atoms with Gasteiger partial charge in [-0.3, -0.25) is 10.1 Å². The van der Waals surface area contributed by atoms with Crippen LogP contribution in [-0.4, -0.2) is 28.7 Å². The highest BCUT2D eigenvalue weighted by molar-refractivity contribution is 7.15. The molecule has 0 saturated carbocycles. The number of amides is 1. The second kappa shape index (κ2) is 7.14. The predicted molar refractivity (Wildman–Crippen MR) is 79.4 cm³/mol. The van der Waals surface area contributed by atoms with E-state index in [0.717, 1.165) is 10.6 Å². The normalized spacial score (nSPS) is 10.2. The van der Waals surface area contributed by atoms with Crippen LogP contribution in [0, 0.1) is 0 Å².